The van der Waals surface area contributed by atoms with E-state index >= 15 is 0 Å². The third-order valence-electron chi connectivity index (χ3n) is 12.2. The average molecular weight is 936 g/mol. The van der Waals surface area contributed by atoms with Crippen molar-refractivity contribution in [3.8, 4) is 0 Å². The van der Waals surface area contributed by atoms with Crippen molar-refractivity contribution in [3.63, 3.8) is 0 Å². The molecule has 0 saturated heterocycles. The Morgan fingerprint density at radius 1 is 0.313 bits per heavy atom. The summed E-state index contributed by atoms with van der Waals surface area (Å²) in [6, 6.07) is 0. The number of unbranched alkanes of at least 4 members (excludes halogenated alkanes) is 28. The SMILES string of the molecule is CC/C=C\C/C=C\C/C=C\C/C=C\CCCCC(=O)OC[C@H](COC(=O)CCCCCCCCCCC/C=C\C/C=C\CCCCC)OC(=O)CCCCCCCCCCCCCCCCC. The minimum atomic E-state index is -0.792. The predicted molar refractivity (Wildman–Crippen MR) is 288 cm³/mol. The third-order valence-corrected chi connectivity index (χ3v) is 12.2. The molecule has 0 aromatic carbocycles. The summed E-state index contributed by atoms with van der Waals surface area (Å²) < 4.78 is 16.8. The largest absolute Gasteiger partial charge is 0.462 e. The van der Waals surface area contributed by atoms with Gasteiger partial charge in [0.1, 0.15) is 13.2 Å². The van der Waals surface area contributed by atoms with Crippen LogP contribution in [0.5, 0.6) is 0 Å². The molecule has 0 aromatic heterocycles. The summed E-state index contributed by atoms with van der Waals surface area (Å²) >= 11 is 0. The summed E-state index contributed by atoms with van der Waals surface area (Å²) in [5.74, 6) is -0.926. The van der Waals surface area contributed by atoms with Gasteiger partial charge in [0, 0.05) is 19.3 Å². The molecule has 0 N–H and O–H groups in total. The lowest BCUT2D eigenvalue weighted by molar-refractivity contribution is -0.167. The first kappa shape index (κ1) is 63.8. The number of rotatable bonds is 51. The van der Waals surface area contributed by atoms with E-state index in [1.807, 2.05) is 0 Å². The summed E-state index contributed by atoms with van der Waals surface area (Å²) in [6.07, 6.45) is 70.3. The van der Waals surface area contributed by atoms with Gasteiger partial charge in [-0.25, -0.2) is 0 Å². The van der Waals surface area contributed by atoms with E-state index in [2.05, 4.69) is 93.7 Å². The summed E-state index contributed by atoms with van der Waals surface area (Å²) in [5.41, 5.74) is 0. The molecule has 1 atom stereocenters. The smallest absolute Gasteiger partial charge is 0.306 e. The molecule has 0 radical (unpaired) electrons. The number of esters is 3. The molecule has 386 valence electrons. The van der Waals surface area contributed by atoms with Crippen molar-refractivity contribution in [3.05, 3.63) is 72.9 Å². The molecule has 67 heavy (non-hydrogen) atoms. The Morgan fingerprint density at radius 2 is 0.582 bits per heavy atom. The molecule has 0 aliphatic carbocycles. The molecule has 6 nitrogen and oxygen atoms in total. The average Bonchev–Trinajstić information content (AvgIpc) is 3.33. The van der Waals surface area contributed by atoms with Crippen LogP contribution in [0.1, 0.15) is 278 Å². The van der Waals surface area contributed by atoms with Crippen molar-refractivity contribution in [2.75, 3.05) is 13.2 Å². The van der Waals surface area contributed by atoms with Crippen molar-refractivity contribution in [1.29, 1.82) is 0 Å². The Labute approximate surface area is 414 Å². The monoisotopic (exact) mass is 935 g/mol. The van der Waals surface area contributed by atoms with Crippen molar-refractivity contribution < 1.29 is 28.6 Å². The highest BCUT2D eigenvalue weighted by Crippen LogP contribution is 2.16. The maximum absolute atomic E-state index is 12.8. The van der Waals surface area contributed by atoms with Crippen molar-refractivity contribution in [2.45, 2.75) is 284 Å². The lowest BCUT2D eigenvalue weighted by atomic mass is 10.0. The standard InChI is InChI=1S/C61H106O6/c1-4-7-10-13-16-19-22-25-28-29-30-31-34-36-39-42-45-48-51-54-60(63)66-57-58(67-61(64)55-52-49-46-43-40-37-33-27-24-21-18-15-12-9-6-3)56-65-59(62)53-50-47-44-41-38-35-32-26-23-20-17-14-11-8-5-2/h8,11,16-17,19-20,25-26,28,32,38,41,58H,4-7,9-10,12-15,18,21-24,27,29-31,33-37,39-40,42-57H2,1-3H3/b11-8-,19-16-,20-17-,28-25-,32-26-,41-38-/t58-/m1/s1. The van der Waals surface area contributed by atoms with Gasteiger partial charge in [-0.2, -0.15) is 0 Å². The fourth-order valence-corrected chi connectivity index (χ4v) is 7.93. The molecule has 0 saturated carbocycles. The molecule has 6 heteroatoms. The number of hydrogen-bond donors (Lipinski definition) is 0. The zero-order valence-electron chi connectivity index (χ0n) is 44.2. The van der Waals surface area contributed by atoms with Gasteiger partial charge in [0.15, 0.2) is 6.10 Å². The van der Waals surface area contributed by atoms with Gasteiger partial charge in [0.2, 0.25) is 0 Å². The first-order valence-electron chi connectivity index (χ1n) is 28.4. The molecule has 0 rings (SSSR count). The van der Waals surface area contributed by atoms with Crippen LogP contribution in [0.4, 0.5) is 0 Å². The van der Waals surface area contributed by atoms with Gasteiger partial charge in [-0.1, -0.05) is 241 Å². The zero-order chi connectivity index (χ0) is 48.6. The van der Waals surface area contributed by atoms with Crippen LogP contribution in [0, 0.1) is 0 Å². The molecular formula is C61H106O6. The topological polar surface area (TPSA) is 78.9 Å². The Balaban J connectivity index is 4.41. The van der Waals surface area contributed by atoms with Crippen LogP contribution in [0.2, 0.25) is 0 Å². The second-order valence-electron chi connectivity index (χ2n) is 18.8. The maximum Gasteiger partial charge on any atom is 0.306 e. The molecule has 0 bridgehead atoms. The zero-order valence-corrected chi connectivity index (χ0v) is 44.2. The maximum atomic E-state index is 12.8. The fourth-order valence-electron chi connectivity index (χ4n) is 7.93. The second kappa shape index (κ2) is 55.4. The summed E-state index contributed by atoms with van der Waals surface area (Å²) in [7, 11) is 0. The number of carbonyl (C=O) groups excluding carboxylic acids is 3. The predicted octanol–water partition coefficient (Wildman–Crippen LogP) is 19.0. The highest BCUT2D eigenvalue weighted by atomic mass is 16.6. The lowest BCUT2D eigenvalue weighted by Crippen LogP contribution is -2.30. The van der Waals surface area contributed by atoms with Crippen molar-refractivity contribution >= 4 is 17.9 Å². The van der Waals surface area contributed by atoms with Gasteiger partial charge >= 0.3 is 17.9 Å². The summed E-state index contributed by atoms with van der Waals surface area (Å²) in [6.45, 7) is 6.48. The van der Waals surface area contributed by atoms with E-state index in [0.717, 1.165) is 89.9 Å². The van der Waals surface area contributed by atoms with Gasteiger partial charge in [-0.05, 0) is 89.9 Å². The Hall–Kier alpha value is -3.15. The van der Waals surface area contributed by atoms with Crippen LogP contribution in [-0.2, 0) is 28.6 Å². The van der Waals surface area contributed by atoms with E-state index < -0.39 is 6.10 Å². The van der Waals surface area contributed by atoms with E-state index in [-0.39, 0.29) is 31.1 Å². The summed E-state index contributed by atoms with van der Waals surface area (Å²) in [4.78, 5) is 38.1. The van der Waals surface area contributed by atoms with E-state index in [4.69, 9.17) is 14.2 Å². The highest BCUT2D eigenvalue weighted by Gasteiger charge is 2.19. The number of hydrogen-bond acceptors (Lipinski definition) is 6. The van der Waals surface area contributed by atoms with Gasteiger partial charge in [-0.3, -0.25) is 14.4 Å². The van der Waals surface area contributed by atoms with Gasteiger partial charge < -0.3 is 14.2 Å². The lowest BCUT2D eigenvalue weighted by Gasteiger charge is -2.18. The van der Waals surface area contributed by atoms with Crippen LogP contribution in [0.25, 0.3) is 0 Å². The fraction of sp³-hybridized carbons (Fsp3) is 0.754. The van der Waals surface area contributed by atoms with Crippen LogP contribution in [0.3, 0.4) is 0 Å². The summed E-state index contributed by atoms with van der Waals surface area (Å²) in [5, 5.41) is 0. The van der Waals surface area contributed by atoms with E-state index in [9.17, 15) is 14.4 Å². The van der Waals surface area contributed by atoms with Crippen LogP contribution in [0.15, 0.2) is 72.9 Å². The minimum absolute atomic E-state index is 0.0888. The molecule has 0 aliphatic heterocycles. The van der Waals surface area contributed by atoms with Crippen LogP contribution in [-0.4, -0.2) is 37.2 Å². The Bertz CT molecular complexity index is 1260. The highest BCUT2D eigenvalue weighted by molar-refractivity contribution is 5.71. The van der Waals surface area contributed by atoms with Crippen molar-refractivity contribution in [1.82, 2.24) is 0 Å². The van der Waals surface area contributed by atoms with Gasteiger partial charge in [0.05, 0.1) is 0 Å². The number of carbonyl (C=O) groups is 3. The first-order valence-corrected chi connectivity index (χ1v) is 28.4. The van der Waals surface area contributed by atoms with E-state index in [0.29, 0.717) is 19.3 Å². The first-order chi connectivity index (χ1) is 33.0. The molecule has 0 unspecified atom stereocenters. The Kier molecular flexibility index (Phi) is 52.8. The molecule has 0 aromatic rings. The van der Waals surface area contributed by atoms with E-state index in [1.165, 1.54) is 148 Å². The van der Waals surface area contributed by atoms with Crippen molar-refractivity contribution in [2.24, 2.45) is 0 Å². The van der Waals surface area contributed by atoms with Gasteiger partial charge in [0.25, 0.3) is 0 Å². The Morgan fingerprint density at radius 3 is 0.970 bits per heavy atom. The quantitative estimate of drug-likeness (QED) is 0.0262. The second-order valence-corrected chi connectivity index (χ2v) is 18.8. The van der Waals surface area contributed by atoms with Gasteiger partial charge in [-0.15, -0.1) is 0 Å². The van der Waals surface area contributed by atoms with E-state index in [1.54, 1.807) is 0 Å². The molecule has 0 aliphatic rings. The van der Waals surface area contributed by atoms with Crippen LogP contribution >= 0.6 is 0 Å². The molecule has 0 amide bonds. The number of ether oxygens (including phenoxy) is 3. The molecule has 0 heterocycles. The molecule has 0 spiro atoms. The van der Waals surface area contributed by atoms with Crippen LogP contribution < -0.4 is 0 Å². The third kappa shape index (κ3) is 53.7. The number of allylic oxidation sites excluding steroid dienone is 12. The molecule has 0 fully saturated rings. The normalized spacial score (nSPS) is 12.6. The molecular weight excluding hydrogens is 829 g/mol. The minimum Gasteiger partial charge on any atom is -0.462 e.